The van der Waals surface area contributed by atoms with E-state index in [9.17, 15) is 14.7 Å². The van der Waals surface area contributed by atoms with Crippen molar-refractivity contribution in [2.24, 2.45) is 5.92 Å². The number of carbonyl (C=O) groups is 1. The lowest BCUT2D eigenvalue weighted by Crippen LogP contribution is -2.31. The van der Waals surface area contributed by atoms with Crippen molar-refractivity contribution in [3.05, 3.63) is 52.2 Å². The van der Waals surface area contributed by atoms with E-state index in [0.717, 1.165) is 18.4 Å². The summed E-state index contributed by atoms with van der Waals surface area (Å²) in [5.41, 5.74) is 0.645. The molecule has 6 nitrogen and oxygen atoms in total. The zero-order valence-electron chi connectivity index (χ0n) is 17.1. The van der Waals surface area contributed by atoms with Crippen molar-refractivity contribution >= 4 is 5.78 Å². The van der Waals surface area contributed by atoms with Gasteiger partial charge in [-0.2, -0.15) is 5.10 Å². The van der Waals surface area contributed by atoms with Gasteiger partial charge in [0, 0.05) is 18.5 Å². The molecule has 1 atom stereocenters. The highest BCUT2D eigenvalue weighted by molar-refractivity contribution is 5.84. The van der Waals surface area contributed by atoms with Gasteiger partial charge in [-0.05, 0) is 44.7 Å². The number of ketones is 1. The number of pyridine rings is 1. The molecule has 1 saturated carbocycles. The summed E-state index contributed by atoms with van der Waals surface area (Å²) in [7, 11) is 0. The predicted molar refractivity (Wildman–Crippen MR) is 108 cm³/mol. The van der Waals surface area contributed by atoms with E-state index in [4.69, 9.17) is 0 Å². The number of aromatic nitrogens is 3. The van der Waals surface area contributed by atoms with Crippen LogP contribution in [0.2, 0.25) is 0 Å². The third kappa shape index (κ3) is 5.41. The lowest BCUT2D eigenvalue weighted by Gasteiger charge is -2.22. The fraction of sp³-hybridized carbons (Fsp3) is 0.591. The highest BCUT2D eigenvalue weighted by Gasteiger charge is 2.28. The molecule has 0 amide bonds. The Labute approximate surface area is 166 Å². The smallest absolute Gasteiger partial charge is 0.251 e. The molecule has 152 valence electrons. The first kappa shape index (κ1) is 20.5. The first-order valence-electron chi connectivity index (χ1n) is 10.2. The Morgan fingerprint density at radius 1 is 1.29 bits per heavy atom. The van der Waals surface area contributed by atoms with E-state index in [1.54, 1.807) is 47.6 Å². The van der Waals surface area contributed by atoms with Crippen molar-refractivity contribution in [1.29, 1.82) is 0 Å². The van der Waals surface area contributed by atoms with Crippen LogP contribution in [-0.4, -0.2) is 30.8 Å². The summed E-state index contributed by atoms with van der Waals surface area (Å²) < 4.78 is 3.28. The summed E-state index contributed by atoms with van der Waals surface area (Å²) in [6, 6.07) is 4.70. The van der Waals surface area contributed by atoms with Gasteiger partial charge in [0.05, 0.1) is 30.3 Å². The molecule has 2 aromatic heterocycles. The van der Waals surface area contributed by atoms with Crippen LogP contribution in [0, 0.1) is 12.8 Å². The molecular weight excluding hydrogens is 354 g/mol. The predicted octanol–water partition coefficient (Wildman–Crippen LogP) is 3.06. The second kappa shape index (κ2) is 8.43. The van der Waals surface area contributed by atoms with Gasteiger partial charge in [-0.15, -0.1) is 0 Å². The van der Waals surface area contributed by atoms with Crippen LogP contribution < -0.4 is 5.56 Å². The molecule has 0 spiro atoms. The minimum atomic E-state index is -0.868. The van der Waals surface area contributed by atoms with Crippen molar-refractivity contribution < 1.29 is 9.90 Å². The van der Waals surface area contributed by atoms with Gasteiger partial charge < -0.3 is 9.67 Å². The maximum absolute atomic E-state index is 13.2. The number of nitrogens with zero attached hydrogens (tertiary/aromatic N) is 3. The lowest BCUT2D eigenvalue weighted by atomic mass is 9.93. The van der Waals surface area contributed by atoms with Crippen LogP contribution >= 0.6 is 0 Å². The van der Waals surface area contributed by atoms with Gasteiger partial charge in [-0.3, -0.25) is 14.3 Å². The van der Waals surface area contributed by atoms with Gasteiger partial charge in [-0.1, -0.05) is 31.7 Å². The second-order valence-electron chi connectivity index (χ2n) is 8.81. The summed E-state index contributed by atoms with van der Waals surface area (Å²) in [6.07, 6.45) is 9.15. The van der Waals surface area contributed by atoms with Gasteiger partial charge in [0.25, 0.3) is 5.56 Å². The molecule has 0 radical (unpaired) electrons. The lowest BCUT2D eigenvalue weighted by molar-refractivity contribution is -0.122. The van der Waals surface area contributed by atoms with Crippen LogP contribution in [0.5, 0.6) is 0 Å². The van der Waals surface area contributed by atoms with Crippen LogP contribution in [0.3, 0.4) is 0 Å². The second-order valence-corrected chi connectivity index (χ2v) is 8.81. The highest BCUT2D eigenvalue weighted by Crippen LogP contribution is 2.32. The van der Waals surface area contributed by atoms with Gasteiger partial charge in [0.2, 0.25) is 0 Å². The van der Waals surface area contributed by atoms with Crippen molar-refractivity contribution in [2.75, 3.05) is 0 Å². The zero-order chi connectivity index (χ0) is 20.3. The Hall–Kier alpha value is -2.21. The zero-order valence-corrected chi connectivity index (χ0v) is 17.1. The monoisotopic (exact) mass is 385 g/mol. The third-order valence-corrected chi connectivity index (χ3v) is 5.42. The van der Waals surface area contributed by atoms with E-state index in [1.165, 1.54) is 12.8 Å². The fourth-order valence-electron chi connectivity index (χ4n) is 4.10. The first-order valence-corrected chi connectivity index (χ1v) is 10.2. The number of hydrogen-bond donors (Lipinski definition) is 1. The summed E-state index contributed by atoms with van der Waals surface area (Å²) in [6.45, 7) is 5.75. The molecule has 1 fully saturated rings. The molecule has 2 heterocycles. The SMILES string of the molecule is Cc1ccc(=O)n([C@@H](CC2CCCC2)C(=O)Cc2ccn(CC(C)(C)O)n2)c1. The molecule has 0 aliphatic heterocycles. The molecule has 0 bridgehead atoms. The Morgan fingerprint density at radius 3 is 2.68 bits per heavy atom. The average Bonchev–Trinajstić information content (AvgIpc) is 3.25. The fourth-order valence-corrected chi connectivity index (χ4v) is 4.10. The largest absolute Gasteiger partial charge is 0.389 e. The summed E-state index contributed by atoms with van der Waals surface area (Å²) >= 11 is 0. The molecule has 0 aromatic carbocycles. The number of hydrogen-bond acceptors (Lipinski definition) is 4. The Kier molecular flexibility index (Phi) is 6.18. The van der Waals surface area contributed by atoms with E-state index >= 15 is 0 Å². The van der Waals surface area contributed by atoms with Crippen LogP contribution in [0.1, 0.15) is 63.3 Å². The van der Waals surface area contributed by atoms with E-state index in [2.05, 4.69) is 5.10 Å². The maximum atomic E-state index is 13.2. The van der Waals surface area contributed by atoms with Crippen LogP contribution in [0.4, 0.5) is 0 Å². The van der Waals surface area contributed by atoms with Gasteiger partial charge in [0.15, 0.2) is 5.78 Å². The number of aliphatic hydroxyl groups is 1. The third-order valence-electron chi connectivity index (χ3n) is 5.42. The topological polar surface area (TPSA) is 77.1 Å². The Bertz CT molecular complexity index is 870. The van der Waals surface area contributed by atoms with E-state index in [0.29, 0.717) is 24.6 Å². The number of rotatable bonds is 8. The Balaban J connectivity index is 1.80. The first-order chi connectivity index (χ1) is 13.2. The summed E-state index contributed by atoms with van der Waals surface area (Å²) in [5, 5.41) is 14.4. The molecule has 0 unspecified atom stereocenters. The van der Waals surface area contributed by atoms with Crippen molar-refractivity contribution in [1.82, 2.24) is 14.3 Å². The number of carbonyl (C=O) groups excluding carboxylic acids is 1. The van der Waals surface area contributed by atoms with Crippen molar-refractivity contribution in [3.63, 3.8) is 0 Å². The molecule has 1 aliphatic carbocycles. The highest BCUT2D eigenvalue weighted by atomic mass is 16.3. The minimum Gasteiger partial charge on any atom is -0.389 e. The van der Waals surface area contributed by atoms with Gasteiger partial charge in [0.1, 0.15) is 0 Å². The number of aryl methyl sites for hydroxylation is 1. The minimum absolute atomic E-state index is 0.0214. The molecule has 28 heavy (non-hydrogen) atoms. The number of Topliss-reactive ketones (excluding diaryl/α,β-unsaturated/α-hetero) is 1. The van der Waals surface area contributed by atoms with Crippen molar-refractivity contribution in [2.45, 2.75) is 77.5 Å². The van der Waals surface area contributed by atoms with Crippen LogP contribution in [0.15, 0.2) is 35.4 Å². The van der Waals surface area contributed by atoms with E-state index in [-0.39, 0.29) is 17.8 Å². The molecule has 1 aliphatic rings. The molecule has 6 heteroatoms. The Morgan fingerprint density at radius 2 is 2.00 bits per heavy atom. The average molecular weight is 386 g/mol. The van der Waals surface area contributed by atoms with E-state index < -0.39 is 11.6 Å². The quantitative estimate of drug-likeness (QED) is 0.758. The van der Waals surface area contributed by atoms with Crippen LogP contribution in [0.25, 0.3) is 0 Å². The van der Waals surface area contributed by atoms with Crippen LogP contribution in [-0.2, 0) is 17.8 Å². The molecule has 1 N–H and O–H groups in total. The molecular formula is C22H31N3O3. The summed E-state index contributed by atoms with van der Waals surface area (Å²) in [5.74, 6) is 0.516. The maximum Gasteiger partial charge on any atom is 0.251 e. The van der Waals surface area contributed by atoms with Gasteiger partial charge in [-0.25, -0.2) is 0 Å². The molecule has 0 saturated heterocycles. The van der Waals surface area contributed by atoms with Crippen molar-refractivity contribution in [3.8, 4) is 0 Å². The standard InChI is InChI=1S/C22H31N3O3/c1-16-8-9-21(27)25(14-16)19(12-17-6-4-5-7-17)20(26)13-18-10-11-24(23-18)15-22(2,3)28/h8-11,14,17,19,28H,4-7,12-13,15H2,1-3H3/t19-/m0/s1. The molecule has 2 aromatic rings. The van der Waals surface area contributed by atoms with Gasteiger partial charge >= 0.3 is 0 Å². The van der Waals surface area contributed by atoms with E-state index in [1.807, 2.05) is 13.0 Å². The summed E-state index contributed by atoms with van der Waals surface area (Å²) in [4.78, 5) is 25.7. The molecule has 3 rings (SSSR count). The normalized spacial score (nSPS) is 16.4.